The summed E-state index contributed by atoms with van der Waals surface area (Å²) in [5.74, 6) is 1.06. The Kier molecular flexibility index (Phi) is 4.48. The predicted molar refractivity (Wildman–Crippen MR) is 113 cm³/mol. The molecule has 0 saturated carbocycles. The molecule has 0 saturated heterocycles. The molecule has 0 N–H and O–H groups in total. The van der Waals surface area contributed by atoms with Crippen molar-refractivity contribution in [3.8, 4) is 17.2 Å². The Morgan fingerprint density at radius 1 is 1.10 bits per heavy atom. The van der Waals surface area contributed by atoms with Crippen LogP contribution in [-0.2, 0) is 0 Å². The Hall–Kier alpha value is -3.64. The van der Waals surface area contributed by atoms with Gasteiger partial charge in [-0.05, 0) is 54.3 Å². The average Bonchev–Trinajstić information content (AvgIpc) is 3.38. The summed E-state index contributed by atoms with van der Waals surface area (Å²) in [7, 11) is 0. The number of ether oxygens (including phenoxy) is 3. The van der Waals surface area contributed by atoms with Crippen molar-refractivity contribution in [3.63, 3.8) is 0 Å². The Morgan fingerprint density at radius 3 is 2.80 bits per heavy atom. The summed E-state index contributed by atoms with van der Waals surface area (Å²) in [5, 5.41) is 1.81. The SMILES string of the molecule is CC1Oc2ccccc2C=C1C=C1Oc2cc(OC(=O)c3cccs3)ccc2C1=O. The third kappa shape index (κ3) is 3.31. The zero-order valence-corrected chi connectivity index (χ0v) is 16.8. The van der Waals surface area contributed by atoms with Crippen molar-refractivity contribution in [2.75, 3.05) is 0 Å². The monoisotopic (exact) mass is 416 g/mol. The second-order valence-corrected chi connectivity index (χ2v) is 7.85. The first-order valence-electron chi connectivity index (χ1n) is 9.40. The Bertz CT molecular complexity index is 1220. The van der Waals surface area contributed by atoms with E-state index in [0.29, 0.717) is 21.9 Å². The van der Waals surface area contributed by atoms with Gasteiger partial charge in [0.1, 0.15) is 28.2 Å². The largest absolute Gasteiger partial charge is 0.485 e. The van der Waals surface area contributed by atoms with Crippen molar-refractivity contribution >= 4 is 29.2 Å². The van der Waals surface area contributed by atoms with Crippen molar-refractivity contribution in [2.45, 2.75) is 13.0 Å². The summed E-state index contributed by atoms with van der Waals surface area (Å²) in [4.78, 5) is 25.4. The number of Topliss-reactive ketones (excluding diaryl/α,β-unsaturated/α-hetero) is 1. The molecule has 1 unspecified atom stereocenters. The quantitative estimate of drug-likeness (QED) is 0.330. The van der Waals surface area contributed by atoms with Gasteiger partial charge in [-0.2, -0.15) is 0 Å². The molecule has 0 aliphatic carbocycles. The van der Waals surface area contributed by atoms with Crippen LogP contribution in [0.1, 0.15) is 32.5 Å². The molecule has 2 aliphatic heterocycles. The molecule has 6 heteroatoms. The van der Waals surface area contributed by atoms with Gasteiger partial charge < -0.3 is 14.2 Å². The highest BCUT2D eigenvalue weighted by atomic mass is 32.1. The van der Waals surface area contributed by atoms with E-state index in [4.69, 9.17) is 14.2 Å². The number of thiophene rings is 1. The van der Waals surface area contributed by atoms with Crippen LogP contribution < -0.4 is 14.2 Å². The van der Waals surface area contributed by atoms with Crippen LogP contribution in [0.2, 0.25) is 0 Å². The number of carbonyl (C=O) groups excluding carboxylic acids is 2. The Labute approximate surface area is 176 Å². The number of carbonyl (C=O) groups is 2. The molecule has 0 fully saturated rings. The number of esters is 1. The van der Waals surface area contributed by atoms with Gasteiger partial charge in [-0.1, -0.05) is 24.3 Å². The van der Waals surface area contributed by atoms with Crippen LogP contribution in [0.25, 0.3) is 6.08 Å². The van der Waals surface area contributed by atoms with Crippen molar-refractivity contribution < 1.29 is 23.8 Å². The van der Waals surface area contributed by atoms with Gasteiger partial charge in [0, 0.05) is 11.6 Å². The van der Waals surface area contributed by atoms with E-state index in [-0.39, 0.29) is 17.6 Å². The highest BCUT2D eigenvalue weighted by Crippen LogP contribution is 2.36. The molecule has 30 heavy (non-hydrogen) atoms. The first-order chi connectivity index (χ1) is 14.6. The van der Waals surface area contributed by atoms with E-state index < -0.39 is 5.97 Å². The number of para-hydroxylation sites is 1. The molecular formula is C24H16O5S. The zero-order valence-electron chi connectivity index (χ0n) is 16.0. The van der Waals surface area contributed by atoms with Gasteiger partial charge in [-0.15, -0.1) is 11.3 Å². The minimum absolute atomic E-state index is 0.213. The van der Waals surface area contributed by atoms with Crippen molar-refractivity contribution in [1.29, 1.82) is 0 Å². The summed E-state index contributed by atoms with van der Waals surface area (Å²) < 4.78 is 17.1. The van der Waals surface area contributed by atoms with E-state index in [1.807, 2.05) is 37.3 Å². The third-order valence-corrected chi connectivity index (χ3v) is 5.74. The fourth-order valence-electron chi connectivity index (χ4n) is 3.36. The first-order valence-corrected chi connectivity index (χ1v) is 10.3. The van der Waals surface area contributed by atoms with Gasteiger partial charge in [0.15, 0.2) is 5.76 Å². The second-order valence-electron chi connectivity index (χ2n) is 6.91. The van der Waals surface area contributed by atoms with Gasteiger partial charge in [-0.3, -0.25) is 4.79 Å². The second kappa shape index (κ2) is 7.31. The molecule has 3 heterocycles. The Balaban J connectivity index is 1.40. The van der Waals surface area contributed by atoms with Crippen molar-refractivity contribution in [3.05, 3.63) is 93.4 Å². The van der Waals surface area contributed by atoms with Crippen LogP contribution in [-0.4, -0.2) is 17.9 Å². The molecule has 3 aromatic rings. The average molecular weight is 416 g/mol. The molecule has 0 spiro atoms. The number of allylic oxidation sites excluding steroid dienone is 1. The molecule has 5 nitrogen and oxygen atoms in total. The lowest BCUT2D eigenvalue weighted by Crippen LogP contribution is -2.18. The lowest BCUT2D eigenvalue weighted by atomic mass is 10.0. The van der Waals surface area contributed by atoms with Crippen LogP contribution >= 0.6 is 11.3 Å². The fourth-order valence-corrected chi connectivity index (χ4v) is 3.95. The number of hydrogen-bond donors (Lipinski definition) is 0. The minimum Gasteiger partial charge on any atom is -0.485 e. The van der Waals surface area contributed by atoms with Crippen LogP contribution in [0.15, 0.2) is 77.4 Å². The third-order valence-electron chi connectivity index (χ3n) is 4.89. The maximum absolute atomic E-state index is 12.8. The zero-order chi connectivity index (χ0) is 20.7. The van der Waals surface area contributed by atoms with E-state index >= 15 is 0 Å². The maximum Gasteiger partial charge on any atom is 0.353 e. The molecular weight excluding hydrogens is 400 g/mol. The molecule has 0 radical (unpaired) electrons. The standard InChI is InChI=1S/C24H16O5S/c1-14-16(11-15-5-2-3-6-19(15)27-14)12-21-23(25)18-9-8-17(13-20(18)29-21)28-24(26)22-7-4-10-30-22/h2-14H,1H3. The van der Waals surface area contributed by atoms with Gasteiger partial charge >= 0.3 is 5.97 Å². The predicted octanol–water partition coefficient (Wildman–Crippen LogP) is 5.29. The fraction of sp³-hybridized carbons (Fsp3) is 0.0833. The highest BCUT2D eigenvalue weighted by molar-refractivity contribution is 7.12. The number of fused-ring (bicyclic) bond motifs is 2. The highest BCUT2D eigenvalue weighted by Gasteiger charge is 2.29. The molecule has 148 valence electrons. The lowest BCUT2D eigenvalue weighted by molar-refractivity contribution is 0.0739. The van der Waals surface area contributed by atoms with Crippen LogP contribution in [0, 0.1) is 0 Å². The lowest BCUT2D eigenvalue weighted by Gasteiger charge is -2.22. The summed E-state index contributed by atoms with van der Waals surface area (Å²) in [5.41, 5.74) is 2.23. The molecule has 2 aliphatic rings. The number of hydrogen-bond acceptors (Lipinski definition) is 6. The smallest absolute Gasteiger partial charge is 0.353 e. The number of ketones is 1. The number of rotatable bonds is 3. The van der Waals surface area contributed by atoms with Gasteiger partial charge in [0.05, 0.1) is 5.56 Å². The molecule has 2 aromatic carbocycles. The molecule has 1 aromatic heterocycles. The minimum atomic E-state index is -0.443. The molecule has 0 bridgehead atoms. The molecule has 1 atom stereocenters. The molecule has 5 rings (SSSR count). The van der Waals surface area contributed by atoms with Crippen LogP contribution in [0.4, 0.5) is 0 Å². The van der Waals surface area contributed by atoms with Gasteiger partial charge in [0.2, 0.25) is 5.78 Å². The first kappa shape index (κ1) is 18.4. The summed E-state index contributed by atoms with van der Waals surface area (Å²) in [6, 6.07) is 16.0. The van der Waals surface area contributed by atoms with Gasteiger partial charge in [0.25, 0.3) is 0 Å². The topological polar surface area (TPSA) is 61.8 Å². The van der Waals surface area contributed by atoms with Crippen molar-refractivity contribution in [2.24, 2.45) is 0 Å². The van der Waals surface area contributed by atoms with E-state index in [2.05, 4.69) is 0 Å². The maximum atomic E-state index is 12.8. The molecule has 0 amide bonds. The van der Waals surface area contributed by atoms with E-state index in [9.17, 15) is 9.59 Å². The summed E-state index contributed by atoms with van der Waals surface area (Å²) in [6.07, 6.45) is 3.49. The summed E-state index contributed by atoms with van der Waals surface area (Å²) >= 11 is 1.30. The van der Waals surface area contributed by atoms with E-state index in [1.165, 1.54) is 11.3 Å². The Morgan fingerprint density at radius 2 is 1.97 bits per heavy atom. The van der Waals surface area contributed by atoms with Gasteiger partial charge in [-0.25, -0.2) is 4.79 Å². The van der Waals surface area contributed by atoms with Crippen molar-refractivity contribution in [1.82, 2.24) is 0 Å². The number of benzene rings is 2. The van der Waals surface area contributed by atoms with E-state index in [1.54, 1.807) is 41.8 Å². The van der Waals surface area contributed by atoms with Crippen LogP contribution in [0.5, 0.6) is 17.2 Å². The van der Waals surface area contributed by atoms with Crippen LogP contribution in [0.3, 0.4) is 0 Å². The normalized spacial score (nSPS) is 18.2. The van der Waals surface area contributed by atoms with E-state index in [0.717, 1.165) is 16.9 Å². The summed E-state index contributed by atoms with van der Waals surface area (Å²) in [6.45, 7) is 1.92.